The van der Waals surface area contributed by atoms with Crippen LogP contribution >= 0.6 is 0 Å². The Kier molecular flexibility index (Phi) is 6.20. The molecule has 30 heavy (non-hydrogen) atoms. The Morgan fingerprint density at radius 2 is 2.13 bits per heavy atom. The van der Waals surface area contributed by atoms with Gasteiger partial charge in [0.15, 0.2) is 6.29 Å². The van der Waals surface area contributed by atoms with Crippen molar-refractivity contribution in [2.45, 2.75) is 38.5 Å². The van der Waals surface area contributed by atoms with Crippen molar-refractivity contribution in [2.75, 3.05) is 13.2 Å². The molecular formula is C21H24N4O5. The lowest BCUT2D eigenvalue weighted by molar-refractivity contribution is -0.163. The van der Waals surface area contributed by atoms with Crippen LogP contribution in [0.3, 0.4) is 0 Å². The van der Waals surface area contributed by atoms with Crippen LogP contribution in [-0.2, 0) is 23.1 Å². The summed E-state index contributed by atoms with van der Waals surface area (Å²) in [5.41, 5.74) is -0.493. The van der Waals surface area contributed by atoms with Crippen molar-refractivity contribution in [3.05, 3.63) is 57.6 Å². The summed E-state index contributed by atoms with van der Waals surface area (Å²) in [6.07, 6.45) is 8.06. The first-order chi connectivity index (χ1) is 14.6. The molecule has 1 aliphatic heterocycles. The van der Waals surface area contributed by atoms with Gasteiger partial charge in [-0.05, 0) is 43.9 Å². The summed E-state index contributed by atoms with van der Waals surface area (Å²) in [7, 11) is 1.60. The van der Waals surface area contributed by atoms with E-state index in [4.69, 9.17) is 14.2 Å². The zero-order valence-electron chi connectivity index (χ0n) is 16.8. The quantitative estimate of drug-likeness (QED) is 0.549. The number of fused-ring (bicyclic) bond motifs is 1. The molecule has 3 aromatic rings. The lowest BCUT2D eigenvalue weighted by Gasteiger charge is -2.22. The zero-order valence-corrected chi connectivity index (χ0v) is 16.8. The molecule has 1 fully saturated rings. The van der Waals surface area contributed by atoms with Crippen LogP contribution in [-0.4, -0.2) is 38.6 Å². The molecule has 1 atom stereocenters. The number of nitrogens with zero attached hydrogens (tertiary/aromatic N) is 4. The third-order valence-electron chi connectivity index (χ3n) is 4.99. The van der Waals surface area contributed by atoms with Crippen molar-refractivity contribution in [2.24, 2.45) is 7.05 Å². The van der Waals surface area contributed by atoms with Crippen molar-refractivity contribution < 1.29 is 14.2 Å². The highest BCUT2D eigenvalue weighted by Gasteiger charge is 2.15. The molecule has 158 valence electrons. The van der Waals surface area contributed by atoms with Gasteiger partial charge in [-0.3, -0.25) is 18.9 Å². The second kappa shape index (κ2) is 9.19. The lowest BCUT2D eigenvalue weighted by atomic mass is 10.2. The van der Waals surface area contributed by atoms with Gasteiger partial charge in [0.2, 0.25) is 0 Å². The average Bonchev–Trinajstić information content (AvgIpc) is 2.78. The van der Waals surface area contributed by atoms with E-state index in [1.165, 1.54) is 15.3 Å². The van der Waals surface area contributed by atoms with Crippen molar-refractivity contribution in [1.82, 2.24) is 19.1 Å². The number of aromatic nitrogens is 4. The Hall–Kier alpha value is -3.04. The minimum atomic E-state index is -0.408. The monoisotopic (exact) mass is 412 g/mol. The molecule has 1 aliphatic rings. The molecule has 9 heteroatoms. The van der Waals surface area contributed by atoms with Gasteiger partial charge in [-0.2, -0.15) is 0 Å². The molecule has 1 saturated heterocycles. The smallest absolute Gasteiger partial charge is 0.332 e. The minimum absolute atomic E-state index is 0.189. The molecule has 4 heterocycles. The van der Waals surface area contributed by atoms with Gasteiger partial charge in [-0.1, -0.05) is 0 Å². The molecular weight excluding hydrogens is 388 g/mol. The van der Waals surface area contributed by atoms with E-state index in [2.05, 4.69) is 9.97 Å². The fraction of sp³-hybridized carbons (Fsp3) is 0.429. The Bertz CT molecular complexity index is 1120. The molecule has 0 spiro atoms. The molecule has 0 N–H and O–H groups in total. The normalized spacial score (nSPS) is 16.6. The van der Waals surface area contributed by atoms with Gasteiger partial charge in [0.25, 0.3) is 5.56 Å². The summed E-state index contributed by atoms with van der Waals surface area (Å²) in [5, 5.41) is 0.315. The first-order valence-corrected chi connectivity index (χ1v) is 10.0. The summed E-state index contributed by atoms with van der Waals surface area (Å²) in [6, 6.07) is 5.10. The third-order valence-corrected chi connectivity index (χ3v) is 4.99. The van der Waals surface area contributed by atoms with Crippen LogP contribution in [0.5, 0.6) is 11.5 Å². The van der Waals surface area contributed by atoms with E-state index in [-0.39, 0.29) is 12.8 Å². The highest BCUT2D eigenvalue weighted by molar-refractivity contribution is 5.75. The second-order valence-corrected chi connectivity index (χ2v) is 7.15. The van der Waals surface area contributed by atoms with E-state index < -0.39 is 11.2 Å². The van der Waals surface area contributed by atoms with Gasteiger partial charge >= 0.3 is 5.69 Å². The highest BCUT2D eigenvalue weighted by atomic mass is 16.7. The van der Waals surface area contributed by atoms with Crippen LogP contribution in [0.2, 0.25) is 0 Å². The second-order valence-electron chi connectivity index (χ2n) is 7.15. The molecule has 0 amide bonds. The number of hydrogen-bond acceptors (Lipinski definition) is 7. The van der Waals surface area contributed by atoms with Gasteiger partial charge in [-0.25, -0.2) is 9.78 Å². The third kappa shape index (κ3) is 4.42. The molecule has 1 unspecified atom stereocenters. The molecule has 4 rings (SSSR count). The summed E-state index contributed by atoms with van der Waals surface area (Å²) in [4.78, 5) is 33.9. The van der Waals surface area contributed by atoms with Crippen LogP contribution in [0.1, 0.15) is 25.7 Å². The summed E-state index contributed by atoms with van der Waals surface area (Å²) < 4.78 is 19.5. The highest BCUT2D eigenvalue weighted by Crippen LogP contribution is 2.21. The molecule has 0 saturated carbocycles. The van der Waals surface area contributed by atoms with Gasteiger partial charge in [0, 0.05) is 26.4 Å². The van der Waals surface area contributed by atoms with Crippen LogP contribution in [0.4, 0.5) is 0 Å². The molecule has 3 aromatic heterocycles. The van der Waals surface area contributed by atoms with Crippen molar-refractivity contribution in [3.63, 3.8) is 0 Å². The van der Waals surface area contributed by atoms with Crippen LogP contribution in [0.25, 0.3) is 11.0 Å². The maximum Gasteiger partial charge on any atom is 0.332 e. The van der Waals surface area contributed by atoms with E-state index in [1.54, 1.807) is 37.6 Å². The zero-order chi connectivity index (χ0) is 20.9. The Morgan fingerprint density at radius 1 is 1.23 bits per heavy atom. The van der Waals surface area contributed by atoms with Crippen molar-refractivity contribution in [1.29, 1.82) is 0 Å². The molecule has 9 nitrogen and oxygen atoms in total. The van der Waals surface area contributed by atoms with Gasteiger partial charge in [0.05, 0.1) is 24.4 Å². The summed E-state index contributed by atoms with van der Waals surface area (Å²) >= 11 is 0. The molecule has 0 aromatic carbocycles. The fourth-order valence-corrected chi connectivity index (χ4v) is 3.44. The molecule has 0 aliphatic carbocycles. The maximum atomic E-state index is 13.0. The number of pyridine rings is 2. The number of aryl methyl sites for hydroxylation is 1. The van der Waals surface area contributed by atoms with E-state index in [0.717, 1.165) is 19.3 Å². The predicted octanol–water partition coefficient (Wildman–Crippen LogP) is 2.22. The SMILES string of the molecule is Cn1c(=O)n(CCCOC2CCCCO2)c(=O)c2cc(Oc3cccnc3)cnc21. The van der Waals surface area contributed by atoms with Gasteiger partial charge in [-0.15, -0.1) is 0 Å². The molecule has 0 bridgehead atoms. The Balaban J connectivity index is 1.53. The van der Waals surface area contributed by atoms with Crippen molar-refractivity contribution in [3.8, 4) is 11.5 Å². The maximum absolute atomic E-state index is 13.0. The standard InChI is InChI=1S/C21H24N4O5/c1-24-19-17(12-16(14-23-19)30-15-6-4-8-22-13-15)20(26)25(21(24)27)9-5-11-29-18-7-2-3-10-28-18/h4,6,8,12-14,18H,2-3,5,7,9-11H2,1H3. The Morgan fingerprint density at radius 3 is 2.90 bits per heavy atom. The summed E-state index contributed by atoms with van der Waals surface area (Å²) in [6.45, 7) is 1.38. The van der Waals surface area contributed by atoms with E-state index in [1.807, 2.05) is 0 Å². The molecule has 0 radical (unpaired) electrons. The van der Waals surface area contributed by atoms with E-state index in [0.29, 0.717) is 42.2 Å². The number of rotatable bonds is 7. The van der Waals surface area contributed by atoms with Crippen LogP contribution in [0, 0.1) is 0 Å². The first-order valence-electron chi connectivity index (χ1n) is 10.0. The van der Waals surface area contributed by atoms with Crippen molar-refractivity contribution >= 4 is 11.0 Å². The Labute approximate surface area is 172 Å². The number of hydrogen-bond donors (Lipinski definition) is 0. The van der Waals surface area contributed by atoms with E-state index in [9.17, 15) is 9.59 Å². The number of ether oxygens (including phenoxy) is 3. The van der Waals surface area contributed by atoms with Crippen LogP contribution in [0.15, 0.2) is 46.4 Å². The van der Waals surface area contributed by atoms with Crippen LogP contribution < -0.4 is 16.0 Å². The lowest BCUT2D eigenvalue weighted by Crippen LogP contribution is -2.39. The average molecular weight is 412 g/mol. The van der Waals surface area contributed by atoms with Gasteiger partial charge < -0.3 is 14.2 Å². The topological polar surface area (TPSA) is 97.5 Å². The largest absolute Gasteiger partial charge is 0.454 e. The van der Waals surface area contributed by atoms with Gasteiger partial charge in [0.1, 0.15) is 17.1 Å². The first kappa shape index (κ1) is 20.2. The fourth-order valence-electron chi connectivity index (χ4n) is 3.44. The summed E-state index contributed by atoms with van der Waals surface area (Å²) in [5.74, 6) is 0.932. The van der Waals surface area contributed by atoms with E-state index >= 15 is 0 Å². The minimum Gasteiger partial charge on any atom is -0.454 e. The predicted molar refractivity (Wildman–Crippen MR) is 110 cm³/mol.